The molecule has 0 spiro atoms. The van der Waals surface area contributed by atoms with Crippen molar-refractivity contribution in [1.82, 2.24) is 15.2 Å². The summed E-state index contributed by atoms with van der Waals surface area (Å²) in [5.74, 6) is -0.359. The van der Waals surface area contributed by atoms with Gasteiger partial charge in [-0.25, -0.2) is 9.78 Å². The molecule has 1 aliphatic heterocycles. The van der Waals surface area contributed by atoms with Crippen LogP contribution in [0.4, 0.5) is 14.9 Å². The first-order chi connectivity index (χ1) is 13.0. The van der Waals surface area contributed by atoms with Crippen LogP contribution in [0.15, 0.2) is 22.9 Å². The topological polar surface area (TPSA) is 103 Å². The maximum absolute atomic E-state index is 12.4. The van der Waals surface area contributed by atoms with Crippen molar-refractivity contribution < 1.29 is 14.4 Å². The van der Waals surface area contributed by atoms with Gasteiger partial charge in [-0.05, 0) is 30.4 Å². The Morgan fingerprint density at radius 1 is 1.22 bits per heavy atom. The summed E-state index contributed by atoms with van der Waals surface area (Å²) in [6.07, 6.45) is 1.42. The minimum Gasteiger partial charge on any atom is -0.359 e. The van der Waals surface area contributed by atoms with Gasteiger partial charge in [-0.1, -0.05) is 0 Å². The van der Waals surface area contributed by atoms with Crippen molar-refractivity contribution >= 4 is 50.7 Å². The van der Waals surface area contributed by atoms with Crippen molar-refractivity contribution in [2.75, 3.05) is 30.8 Å². The average Bonchev–Trinajstić information content (AvgIpc) is 3.34. The molecular formula is C17H21N5O3S2. The molecule has 3 N–H and O–H groups in total. The Morgan fingerprint density at radius 3 is 2.67 bits per heavy atom. The SMILES string of the molecule is CNC(=O)Cc1csc(NC(=O)C2CCN(C(=O)Nc3cccs3)CC2)n1. The number of hydrogen-bond acceptors (Lipinski definition) is 6. The second-order valence-corrected chi connectivity index (χ2v) is 7.96. The third kappa shape index (κ3) is 5.27. The minimum absolute atomic E-state index is 0.0887. The Hall–Kier alpha value is -2.46. The van der Waals surface area contributed by atoms with Gasteiger partial charge in [0.15, 0.2) is 5.13 Å². The van der Waals surface area contributed by atoms with Crippen LogP contribution in [0.1, 0.15) is 18.5 Å². The molecule has 0 radical (unpaired) electrons. The first-order valence-electron chi connectivity index (χ1n) is 8.60. The van der Waals surface area contributed by atoms with Crippen LogP contribution in [0.25, 0.3) is 0 Å². The van der Waals surface area contributed by atoms with E-state index < -0.39 is 0 Å². The van der Waals surface area contributed by atoms with E-state index in [4.69, 9.17) is 0 Å². The van der Waals surface area contributed by atoms with E-state index in [-0.39, 0.29) is 30.2 Å². The number of nitrogens with zero attached hydrogens (tertiary/aromatic N) is 2. The van der Waals surface area contributed by atoms with Gasteiger partial charge in [0, 0.05) is 31.4 Å². The van der Waals surface area contributed by atoms with E-state index in [1.54, 1.807) is 17.3 Å². The number of nitrogens with one attached hydrogen (secondary N) is 3. The number of thiophene rings is 1. The summed E-state index contributed by atoms with van der Waals surface area (Å²) < 4.78 is 0. The summed E-state index contributed by atoms with van der Waals surface area (Å²) in [5.41, 5.74) is 0.634. The molecule has 0 aromatic carbocycles. The van der Waals surface area contributed by atoms with Crippen molar-refractivity contribution in [2.24, 2.45) is 5.92 Å². The molecule has 144 valence electrons. The molecule has 2 aromatic heterocycles. The second-order valence-electron chi connectivity index (χ2n) is 6.15. The van der Waals surface area contributed by atoms with Gasteiger partial charge in [0.25, 0.3) is 0 Å². The summed E-state index contributed by atoms with van der Waals surface area (Å²) >= 11 is 2.78. The molecule has 2 aromatic rings. The van der Waals surface area contributed by atoms with Gasteiger partial charge in [-0.3, -0.25) is 14.9 Å². The molecule has 8 nitrogen and oxygen atoms in total. The second kappa shape index (κ2) is 8.96. The Morgan fingerprint density at radius 2 is 2.00 bits per heavy atom. The third-order valence-electron chi connectivity index (χ3n) is 4.31. The highest BCUT2D eigenvalue weighted by molar-refractivity contribution is 7.14. The standard InChI is InChI=1S/C17H21N5O3S2/c1-18-13(23)9-12-10-27-16(19-12)21-15(24)11-4-6-22(7-5-11)17(25)20-14-3-2-8-26-14/h2-3,8,10-11H,4-7,9H2,1H3,(H,18,23)(H,20,25)(H,19,21,24). The van der Waals surface area contributed by atoms with Crippen LogP contribution in [0.2, 0.25) is 0 Å². The molecule has 0 atom stereocenters. The van der Waals surface area contributed by atoms with E-state index in [1.165, 1.54) is 22.7 Å². The summed E-state index contributed by atoms with van der Waals surface area (Å²) in [4.78, 5) is 42.1. The molecule has 4 amide bonds. The average molecular weight is 408 g/mol. The zero-order chi connectivity index (χ0) is 19.2. The molecule has 0 aliphatic carbocycles. The van der Waals surface area contributed by atoms with Crippen molar-refractivity contribution in [2.45, 2.75) is 19.3 Å². The van der Waals surface area contributed by atoms with Gasteiger partial charge in [0.1, 0.15) is 0 Å². The molecular weight excluding hydrogens is 386 g/mol. The van der Waals surface area contributed by atoms with Crippen LogP contribution in [0.5, 0.6) is 0 Å². The highest BCUT2D eigenvalue weighted by atomic mass is 32.1. The Kier molecular flexibility index (Phi) is 6.40. The maximum Gasteiger partial charge on any atom is 0.322 e. The van der Waals surface area contributed by atoms with Crippen molar-refractivity contribution in [1.29, 1.82) is 0 Å². The minimum atomic E-state index is -0.151. The van der Waals surface area contributed by atoms with Gasteiger partial charge in [-0.2, -0.15) is 0 Å². The molecule has 1 fully saturated rings. The predicted octanol–water partition coefficient (Wildman–Crippen LogP) is 2.38. The van der Waals surface area contributed by atoms with E-state index in [2.05, 4.69) is 20.9 Å². The summed E-state index contributed by atoms with van der Waals surface area (Å²) in [6, 6.07) is 3.61. The molecule has 10 heteroatoms. The van der Waals surface area contributed by atoms with E-state index in [1.807, 2.05) is 17.5 Å². The van der Waals surface area contributed by atoms with Crippen LogP contribution < -0.4 is 16.0 Å². The molecule has 0 unspecified atom stereocenters. The lowest BCUT2D eigenvalue weighted by atomic mass is 9.96. The normalized spacial score (nSPS) is 14.6. The number of carbonyl (C=O) groups is 3. The number of anilines is 2. The van der Waals surface area contributed by atoms with E-state index in [9.17, 15) is 14.4 Å². The predicted molar refractivity (Wildman–Crippen MR) is 106 cm³/mol. The summed E-state index contributed by atoms with van der Waals surface area (Å²) in [5, 5.41) is 13.2. The number of urea groups is 1. The Labute approximate surface area is 165 Å². The molecule has 27 heavy (non-hydrogen) atoms. The van der Waals surface area contributed by atoms with Crippen molar-refractivity contribution in [3.05, 3.63) is 28.6 Å². The molecule has 1 aliphatic rings. The van der Waals surface area contributed by atoms with E-state index in [0.29, 0.717) is 36.8 Å². The molecule has 1 saturated heterocycles. The smallest absolute Gasteiger partial charge is 0.322 e. The van der Waals surface area contributed by atoms with Crippen LogP contribution in [0, 0.1) is 5.92 Å². The Balaban J connectivity index is 1.45. The molecule has 0 saturated carbocycles. The fourth-order valence-corrected chi connectivity index (χ4v) is 4.11. The van der Waals surface area contributed by atoms with Crippen molar-refractivity contribution in [3.8, 4) is 0 Å². The largest absolute Gasteiger partial charge is 0.359 e. The summed E-state index contributed by atoms with van der Waals surface area (Å²) in [6.45, 7) is 1.07. The highest BCUT2D eigenvalue weighted by Crippen LogP contribution is 2.23. The van der Waals surface area contributed by atoms with E-state index in [0.717, 1.165) is 5.00 Å². The number of rotatable bonds is 5. The van der Waals surface area contributed by atoms with Crippen LogP contribution in [0.3, 0.4) is 0 Å². The fraction of sp³-hybridized carbons (Fsp3) is 0.412. The fourth-order valence-electron chi connectivity index (χ4n) is 2.78. The van der Waals surface area contributed by atoms with Gasteiger partial charge in [0.2, 0.25) is 11.8 Å². The van der Waals surface area contributed by atoms with Crippen molar-refractivity contribution in [3.63, 3.8) is 0 Å². The number of amides is 4. The van der Waals surface area contributed by atoms with Crippen LogP contribution >= 0.6 is 22.7 Å². The van der Waals surface area contributed by atoms with Crippen LogP contribution in [-0.2, 0) is 16.0 Å². The number of likely N-dealkylation sites (tertiary alicyclic amines) is 1. The van der Waals surface area contributed by atoms with Crippen LogP contribution in [-0.4, -0.2) is 47.9 Å². The van der Waals surface area contributed by atoms with Gasteiger partial charge >= 0.3 is 6.03 Å². The zero-order valence-corrected chi connectivity index (χ0v) is 16.5. The van der Waals surface area contributed by atoms with Gasteiger partial charge < -0.3 is 15.5 Å². The lowest BCUT2D eigenvalue weighted by Crippen LogP contribution is -2.43. The number of hydrogen-bond donors (Lipinski definition) is 3. The highest BCUT2D eigenvalue weighted by Gasteiger charge is 2.28. The number of thiazole rings is 1. The lowest BCUT2D eigenvalue weighted by molar-refractivity contribution is -0.121. The monoisotopic (exact) mass is 407 g/mol. The lowest BCUT2D eigenvalue weighted by Gasteiger charge is -2.31. The summed E-state index contributed by atoms with van der Waals surface area (Å²) in [7, 11) is 1.57. The molecule has 3 heterocycles. The number of aromatic nitrogens is 1. The van der Waals surface area contributed by atoms with Gasteiger partial charge in [-0.15, -0.1) is 22.7 Å². The van der Waals surface area contributed by atoms with Gasteiger partial charge in [0.05, 0.1) is 17.1 Å². The number of carbonyl (C=O) groups excluding carboxylic acids is 3. The first-order valence-corrected chi connectivity index (χ1v) is 10.4. The quantitative estimate of drug-likeness (QED) is 0.708. The zero-order valence-electron chi connectivity index (χ0n) is 14.9. The number of piperidine rings is 1. The first kappa shape index (κ1) is 19.3. The maximum atomic E-state index is 12.4. The molecule has 3 rings (SSSR count). The van der Waals surface area contributed by atoms with E-state index >= 15 is 0 Å². The number of likely N-dealkylation sites (N-methyl/N-ethyl adjacent to an activating group) is 1. The third-order valence-corrected chi connectivity index (χ3v) is 5.90. The molecule has 0 bridgehead atoms. The Bertz CT molecular complexity index is 797.